The van der Waals surface area contributed by atoms with E-state index in [1.807, 2.05) is 0 Å². The summed E-state index contributed by atoms with van der Waals surface area (Å²) < 4.78 is 0. The molecule has 0 N–H and O–H groups in total. The van der Waals surface area contributed by atoms with Crippen LogP contribution in [0, 0.1) is 12.8 Å². The van der Waals surface area contributed by atoms with Gasteiger partial charge in [0.25, 0.3) is 0 Å². The first-order valence-electron chi connectivity index (χ1n) is 3.31. The van der Waals surface area contributed by atoms with Gasteiger partial charge in [0, 0.05) is 10.8 Å². The maximum Gasteiger partial charge on any atom is 0.0378 e. The lowest BCUT2D eigenvalue weighted by Crippen LogP contribution is -2.04. The van der Waals surface area contributed by atoms with Crippen LogP contribution in [0.2, 0.25) is 0 Å². The highest BCUT2D eigenvalue weighted by Crippen LogP contribution is 2.35. The third-order valence-corrected chi connectivity index (χ3v) is 2.81. The second-order valence-electron chi connectivity index (χ2n) is 2.63. The standard InChI is InChI=1S/C7H11Cl2/c1-2-5-3-6(8)4-7(5)9/h5-7H,1-4H2. The second-order valence-corrected chi connectivity index (χ2v) is 3.81. The van der Waals surface area contributed by atoms with E-state index >= 15 is 0 Å². The molecule has 9 heavy (non-hydrogen) atoms. The van der Waals surface area contributed by atoms with Crippen LogP contribution in [0.3, 0.4) is 0 Å². The van der Waals surface area contributed by atoms with Gasteiger partial charge in [0.1, 0.15) is 0 Å². The molecule has 1 aliphatic carbocycles. The van der Waals surface area contributed by atoms with E-state index in [1.54, 1.807) is 0 Å². The van der Waals surface area contributed by atoms with Crippen LogP contribution in [0.25, 0.3) is 0 Å². The SMILES string of the molecule is [CH2]CC1CC(Cl)CC1Cl. The van der Waals surface area contributed by atoms with E-state index in [0.29, 0.717) is 11.3 Å². The van der Waals surface area contributed by atoms with Crippen molar-refractivity contribution in [2.24, 2.45) is 5.92 Å². The van der Waals surface area contributed by atoms with E-state index in [0.717, 1.165) is 19.3 Å². The van der Waals surface area contributed by atoms with Crippen molar-refractivity contribution < 1.29 is 0 Å². The van der Waals surface area contributed by atoms with Crippen LogP contribution in [0.4, 0.5) is 0 Å². The zero-order valence-electron chi connectivity index (χ0n) is 5.32. The van der Waals surface area contributed by atoms with E-state index in [1.165, 1.54) is 0 Å². The Bertz CT molecular complexity index is 92.9. The zero-order valence-corrected chi connectivity index (χ0v) is 6.83. The number of hydrogen-bond acceptors (Lipinski definition) is 0. The fourth-order valence-corrected chi connectivity index (χ4v) is 2.26. The Kier molecular flexibility index (Phi) is 2.66. The topological polar surface area (TPSA) is 0 Å². The molecule has 0 aromatic rings. The summed E-state index contributed by atoms with van der Waals surface area (Å²) in [5.74, 6) is 0.564. The fraction of sp³-hybridized carbons (Fsp3) is 0.857. The molecular weight excluding hydrogens is 155 g/mol. The van der Waals surface area contributed by atoms with Crippen LogP contribution < -0.4 is 0 Å². The normalized spacial score (nSPS) is 43.7. The predicted octanol–water partition coefficient (Wildman–Crippen LogP) is 2.84. The minimum absolute atomic E-state index is 0.282. The molecular formula is C7H11Cl2. The van der Waals surface area contributed by atoms with Crippen molar-refractivity contribution in [2.75, 3.05) is 0 Å². The van der Waals surface area contributed by atoms with Gasteiger partial charge in [-0.2, -0.15) is 0 Å². The molecule has 0 aromatic heterocycles. The Hall–Kier alpha value is 0.580. The van der Waals surface area contributed by atoms with Crippen molar-refractivity contribution in [3.05, 3.63) is 6.92 Å². The molecule has 0 aliphatic heterocycles. The Morgan fingerprint density at radius 1 is 1.33 bits per heavy atom. The lowest BCUT2D eigenvalue weighted by Gasteiger charge is -2.07. The molecule has 3 unspecified atom stereocenters. The molecule has 0 bridgehead atoms. The Morgan fingerprint density at radius 2 is 2.00 bits per heavy atom. The molecule has 3 atom stereocenters. The van der Waals surface area contributed by atoms with Gasteiger partial charge < -0.3 is 0 Å². The molecule has 1 rings (SSSR count). The minimum Gasteiger partial charge on any atom is -0.123 e. The van der Waals surface area contributed by atoms with Gasteiger partial charge in [0.15, 0.2) is 0 Å². The highest BCUT2D eigenvalue weighted by atomic mass is 35.5. The van der Waals surface area contributed by atoms with Crippen LogP contribution in [-0.4, -0.2) is 10.8 Å². The van der Waals surface area contributed by atoms with E-state index in [4.69, 9.17) is 23.2 Å². The summed E-state index contributed by atoms with van der Waals surface area (Å²) in [5, 5.41) is 0.587. The first-order chi connectivity index (χ1) is 4.24. The number of alkyl halides is 2. The van der Waals surface area contributed by atoms with Gasteiger partial charge in [-0.3, -0.25) is 0 Å². The van der Waals surface area contributed by atoms with E-state index < -0.39 is 0 Å². The predicted molar refractivity (Wildman–Crippen MR) is 42.0 cm³/mol. The van der Waals surface area contributed by atoms with Crippen LogP contribution in [0.15, 0.2) is 0 Å². The third-order valence-electron chi connectivity index (χ3n) is 1.92. The van der Waals surface area contributed by atoms with E-state index in [-0.39, 0.29) is 5.38 Å². The van der Waals surface area contributed by atoms with Gasteiger partial charge in [-0.1, -0.05) is 6.92 Å². The Morgan fingerprint density at radius 3 is 2.22 bits per heavy atom. The molecule has 0 amide bonds. The van der Waals surface area contributed by atoms with Gasteiger partial charge in [-0.25, -0.2) is 0 Å². The van der Waals surface area contributed by atoms with Crippen molar-refractivity contribution in [1.82, 2.24) is 0 Å². The molecule has 0 nitrogen and oxygen atoms in total. The number of halogens is 2. The largest absolute Gasteiger partial charge is 0.123 e. The average molecular weight is 166 g/mol. The quantitative estimate of drug-likeness (QED) is 0.525. The molecule has 2 heteroatoms. The highest BCUT2D eigenvalue weighted by molar-refractivity contribution is 6.24. The fourth-order valence-electron chi connectivity index (χ4n) is 1.31. The third kappa shape index (κ3) is 1.75. The molecule has 0 spiro atoms. The number of hydrogen-bond donors (Lipinski definition) is 0. The van der Waals surface area contributed by atoms with Gasteiger partial charge in [-0.05, 0) is 25.2 Å². The molecule has 0 saturated heterocycles. The van der Waals surface area contributed by atoms with Crippen molar-refractivity contribution in [1.29, 1.82) is 0 Å². The smallest absolute Gasteiger partial charge is 0.0378 e. The highest BCUT2D eigenvalue weighted by Gasteiger charge is 2.29. The summed E-state index contributed by atoms with van der Waals surface area (Å²) in [7, 11) is 0. The Labute approximate surface area is 66.5 Å². The molecule has 1 radical (unpaired) electrons. The molecule has 53 valence electrons. The molecule has 0 heterocycles. The second kappa shape index (κ2) is 3.12. The van der Waals surface area contributed by atoms with Gasteiger partial charge in [0.2, 0.25) is 0 Å². The van der Waals surface area contributed by atoms with Gasteiger partial charge >= 0.3 is 0 Å². The van der Waals surface area contributed by atoms with Crippen molar-refractivity contribution in [2.45, 2.75) is 30.0 Å². The van der Waals surface area contributed by atoms with Crippen LogP contribution in [-0.2, 0) is 0 Å². The lowest BCUT2D eigenvalue weighted by atomic mass is 10.1. The van der Waals surface area contributed by atoms with Crippen LogP contribution in [0.1, 0.15) is 19.3 Å². The van der Waals surface area contributed by atoms with Crippen LogP contribution >= 0.6 is 23.2 Å². The van der Waals surface area contributed by atoms with Gasteiger partial charge in [-0.15, -0.1) is 23.2 Å². The first-order valence-corrected chi connectivity index (χ1v) is 4.18. The summed E-state index contributed by atoms with van der Waals surface area (Å²) in [4.78, 5) is 0. The zero-order chi connectivity index (χ0) is 6.85. The first kappa shape index (κ1) is 7.68. The summed E-state index contributed by atoms with van der Waals surface area (Å²) in [6, 6.07) is 0. The van der Waals surface area contributed by atoms with Gasteiger partial charge in [0.05, 0.1) is 0 Å². The maximum absolute atomic E-state index is 5.95. The summed E-state index contributed by atoms with van der Waals surface area (Å²) >= 11 is 11.8. The van der Waals surface area contributed by atoms with Crippen molar-refractivity contribution >= 4 is 23.2 Å². The number of rotatable bonds is 1. The lowest BCUT2D eigenvalue weighted by molar-refractivity contribution is 0.563. The van der Waals surface area contributed by atoms with E-state index in [9.17, 15) is 0 Å². The summed E-state index contributed by atoms with van der Waals surface area (Å²) in [6.45, 7) is 3.81. The molecule has 1 saturated carbocycles. The van der Waals surface area contributed by atoms with E-state index in [2.05, 4.69) is 6.92 Å². The Balaban J connectivity index is 2.38. The van der Waals surface area contributed by atoms with Crippen LogP contribution in [0.5, 0.6) is 0 Å². The minimum atomic E-state index is 0.282. The average Bonchev–Trinajstić information content (AvgIpc) is 2.10. The van der Waals surface area contributed by atoms with Crippen molar-refractivity contribution in [3.8, 4) is 0 Å². The molecule has 0 aromatic carbocycles. The maximum atomic E-state index is 5.95. The summed E-state index contributed by atoms with van der Waals surface area (Å²) in [5.41, 5.74) is 0. The summed E-state index contributed by atoms with van der Waals surface area (Å²) in [6.07, 6.45) is 2.94. The monoisotopic (exact) mass is 165 g/mol. The molecule has 1 fully saturated rings. The van der Waals surface area contributed by atoms with Crippen molar-refractivity contribution in [3.63, 3.8) is 0 Å². The molecule has 1 aliphatic rings.